The molecule has 1 aromatic rings. The molecule has 6 heteroatoms. The summed E-state index contributed by atoms with van der Waals surface area (Å²) < 4.78 is 27.3. The molecular formula is C14H21NO3S2. The first-order chi connectivity index (χ1) is 9.62. The molecule has 1 aliphatic heterocycles. The summed E-state index contributed by atoms with van der Waals surface area (Å²) in [7, 11) is -3.41. The molecule has 4 nitrogen and oxygen atoms in total. The third-order valence-corrected chi connectivity index (χ3v) is 5.99. The third-order valence-electron chi connectivity index (χ3n) is 3.40. The predicted octanol–water partition coefficient (Wildman–Crippen LogP) is 1.79. The average Bonchev–Trinajstić information content (AvgIpc) is 2.46. The summed E-state index contributed by atoms with van der Waals surface area (Å²) in [5, 5.41) is 8.79. The van der Waals surface area contributed by atoms with Gasteiger partial charge in [0.05, 0.1) is 4.90 Å². The van der Waals surface area contributed by atoms with Crippen LogP contribution in [0.1, 0.15) is 24.8 Å². The number of nitrogens with one attached hydrogen (secondary N) is 1. The van der Waals surface area contributed by atoms with E-state index in [2.05, 4.69) is 4.72 Å². The zero-order chi connectivity index (χ0) is 14.4. The Hall–Kier alpha value is -0.560. The smallest absolute Gasteiger partial charge is 0.240 e. The molecule has 1 aromatic carbocycles. The van der Waals surface area contributed by atoms with E-state index in [1.54, 1.807) is 12.1 Å². The van der Waals surface area contributed by atoms with E-state index >= 15 is 0 Å². The van der Waals surface area contributed by atoms with E-state index in [0.717, 1.165) is 36.3 Å². The Bertz CT molecular complexity index is 508. The molecule has 0 saturated carbocycles. The Morgan fingerprint density at radius 2 is 1.85 bits per heavy atom. The van der Waals surface area contributed by atoms with Crippen LogP contribution in [0.3, 0.4) is 0 Å². The Morgan fingerprint density at radius 1 is 1.20 bits per heavy atom. The van der Waals surface area contributed by atoms with Gasteiger partial charge in [-0.05, 0) is 54.9 Å². The molecule has 1 aliphatic rings. The van der Waals surface area contributed by atoms with Crippen LogP contribution in [-0.4, -0.2) is 37.7 Å². The van der Waals surface area contributed by atoms with Crippen molar-refractivity contribution in [2.24, 2.45) is 0 Å². The molecule has 0 radical (unpaired) electrons. The van der Waals surface area contributed by atoms with Crippen LogP contribution >= 0.6 is 11.8 Å². The first-order valence-electron chi connectivity index (χ1n) is 6.92. The Morgan fingerprint density at radius 3 is 2.45 bits per heavy atom. The lowest BCUT2D eigenvalue weighted by molar-refractivity contribution is 0.288. The molecule has 1 heterocycles. The van der Waals surface area contributed by atoms with Gasteiger partial charge in [-0.1, -0.05) is 12.1 Å². The van der Waals surface area contributed by atoms with Crippen molar-refractivity contribution < 1.29 is 13.5 Å². The number of benzene rings is 1. The number of rotatable bonds is 6. The van der Waals surface area contributed by atoms with Crippen molar-refractivity contribution in [1.82, 2.24) is 4.72 Å². The number of hydrogen-bond acceptors (Lipinski definition) is 4. The monoisotopic (exact) mass is 315 g/mol. The van der Waals surface area contributed by atoms with Gasteiger partial charge in [0.25, 0.3) is 0 Å². The average molecular weight is 315 g/mol. The lowest BCUT2D eigenvalue weighted by Gasteiger charge is -2.22. The zero-order valence-corrected chi connectivity index (χ0v) is 13.0. The van der Waals surface area contributed by atoms with Crippen molar-refractivity contribution in [3.05, 3.63) is 29.8 Å². The predicted molar refractivity (Wildman–Crippen MR) is 82.5 cm³/mol. The zero-order valence-electron chi connectivity index (χ0n) is 11.4. The highest BCUT2D eigenvalue weighted by Crippen LogP contribution is 2.19. The maximum Gasteiger partial charge on any atom is 0.240 e. The molecule has 1 saturated heterocycles. The molecule has 0 aliphatic carbocycles. The quantitative estimate of drug-likeness (QED) is 0.840. The lowest BCUT2D eigenvalue weighted by atomic mass is 10.1. The third kappa shape index (κ3) is 4.48. The van der Waals surface area contributed by atoms with E-state index in [0.29, 0.717) is 11.3 Å². The SMILES string of the molecule is O=S(=O)(NC1CCSCC1)c1ccc(CCCO)cc1. The molecule has 0 spiro atoms. The minimum Gasteiger partial charge on any atom is -0.396 e. The van der Waals surface area contributed by atoms with Crippen LogP contribution in [0, 0.1) is 0 Å². The number of aryl methyl sites for hydroxylation is 1. The summed E-state index contributed by atoms with van der Waals surface area (Å²) in [6.07, 6.45) is 3.27. The maximum atomic E-state index is 12.3. The first-order valence-corrected chi connectivity index (χ1v) is 9.55. The van der Waals surface area contributed by atoms with Gasteiger partial charge < -0.3 is 5.11 Å². The van der Waals surface area contributed by atoms with Gasteiger partial charge >= 0.3 is 0 Å². The van der Waals surface area contributed by atoms with Gasteiger partial charge in [-0.3, -0.25) is 0 Å². The minimum atomic E-state index is -3.41. The van der Waals surface area contributed by atoms with Crippen molar-refractivity contribution in [3.8, 4) is 0 Å². The second kappa shape index (κ2) is 7.45. The standard InChI is InChI=1S/C14H21NO3S2/c16-9-1-2-12-3-5-14(6-4-12)20(17,18)15-13-7-10-19-11-8-13/h3-6,13,15-16H,1-2,7-11H2. The number of sulfonamides is 1. The fraction of sp³-hybridized carbons (Fsp3) is 0.571. The second-order valence-corrected chi connectivity index (χ2v) is 7.92. The van der Waals surface area contributed by atoms with Crippen molar-refractivity contribution in [1.29, 1.82) is 0 Å². The molecule has 0 amide bonds. The molecular weight excluding hydrogens is 294 g/mol. The summed E-state index contributed by atoms with van der Waals surface area (Å²) in [6, 6.07) is 7.00. The molecule has 1 fully saturated rings. The largest absolute Gasteiger partial charge is 0.396 e. The maximum absolute atomic E-state index is 12.3. The normalized spacial score (nSPS) is 17.2. The van der Waals surface area contributed by atoms with Gasteiger partial charge in [-0.25, -0.2) is 13.1 Å². The van der Waals surface area contributed by atoms with E-state index in [1.807, 2.05) is 23.9 Å². The molecule has 0 unspecified atom stereocenters. The fourth-order valence-electron chi connectivity index (χ4n) is 2.22. The number of thioether (sulfide) groups is 1. The highest BCUT2D eigenvalue weighted by Gasteiger charge is 2.21. The van der Waals surface area contributed by atoms with E-state index in [9.17, 15) is 8.42 Å². The van der Waals surface area contributed by atoms with Gasteiger partial charge in [0.1, 0.15) is 0 Å². The lowest BCUT2D eigenvalue weighted by Crippen LogP contribution is -2.37. The fourth-order valence-corrected chi connectivity index (χ4v) is 4.63. The van der Waals surface area contributed by atoms with Crippen molar-refractivity contribution in [2.45, 2.75) is 36.6 Å². The first kappa shape index (κ1) is 15.8. The van der Waals surface area contributed by atoms with Crippen LogP contribution in [0.5, 0.6) is 0 Å². The number of aliphatic hydroxyl groups is 1. The number of hydrogen-bond donors (Lipinski definition) is 2. The van der Waals surface area contributed by atoms with E-state index in [1.165, 1.54) is 0 Å². The van der Waals surface area contributed by atoms with Crippen molar-refractivity contribution in [2.75, 3.05) is 18.1 Å². The Kier molecular flexibility index (Phi) is 5.89. The van der Waals surface area contributed by atoms with E-state index < -0.39 is 10.0 Å². The van der Waals surface area contributed by atoms with Gasteiger partial charge in [-0.2, -0.15) is 11.8 Å². The summed E-state index contributed by atoms with van der Waals surface area (Å²) in [6.45, 7) is 0.154. The van der Waals surface area contributed by atoms with Crippen LogP contribution < -0.4 is 4.72 Å². The summed E-state index contributed by atoms with van der Waals surface area (Å²) in [5.74, 6) is 2.04. The molecule has 0 atom stereocenters. The van der Waals surface area contributed by atoms with Crippen molar-refractivity contribution in [3.63, 3.8) is 0 Å². The molecule has 112 valence electrons. The molecule has 2 rings (SSSR count). The van der Waals surface area contributed by atoms with Gasteiger partial charge in [0.15, 0.2) is 0 Å². The minimum absolute atomic E-state index is 0.0651. The molecule has 20 heavy (non-hydrogen) atoms. The van der Waals surface area contributed by atoms with Crippen LogP contribution in [0.25, 0.3) is 0 Å². The molecule has 0 bridgehead atoms. The van der Waals surface area contributed by atoms with Gasteiger partial charge in [0.2, 0.25) is 10.0 Å². The number of aliphatic hydroxyl groups excluding tert-OH is 1. The van der Waals surface area contributed by atoms with Crippen LogP contribution in [0.4, 0.5) is 0 Å². The summed E-state index contributed by atoms with van der Waals surface area (Å²) in [4.78, 5) is 0.323. The molecule has 2 N–H and O–H groups in total. The van der Waals surface area contributed by atoms with Crippen LogP contribution in [0.2, 0.25) is 0 Å². The second-order valence-electron chi connectivity index (χ2n) is 4.98. The highest BCUT2D eigenvalue weighted by molar-refractivity contribution is 7.99. The Balaban J connectivity index is 2.01. The van der Waals surface area contributed by atoms with Gasteiger partial charge in [0, 0.05) is 12.6 Å². The molecule has 0 aromatic heterocycles. The van der Waals surface area contributed by atoms with Crippen LogP contribution in [-0.2, 0) is 16.4 Å². The van der Waals surface area contributed by atoms with Gasteiger partial charge in [-0.15, -0.1) is 0 Å². The topological polar surface area (TPSA) is 66.4 Å². The summed E-state index contributed by atoms with van der Waals surface area (Å²) >= 11 is 1.87. The van der Waals surface area contributed by atoms with E-state index in [4.69, 9.17) is 5.11 Å². The van der Waals surface area contributed by atoms with Crippen LogP contribution in [0.15, 0.2) is 29.2 Å². The highest BCUT2D eigenvalue weighted by atomic mass is 32.2. The summed E-state index contributed by atoms with van der Waals surface area (Å²) in [5.41, 5.74) is 1.05. The van der Waals surface area contributed by atoms with Crippen molar-refractivity contribution >= 4 is 21.8 Å². The Labute approximate surface area is 125 Å². The van der Waals surface area contributed by atoms with E-state index in [-0.39, 0.29) is 12.6 Å².